The Morgan fingerprint density at radius 3 is 2.47 bits per heavy atom. The molecule has 0 radical (unpaired) electrons. The van der Waals surface area contributed by atoms with Crippen LogP contribution in [0.2, 0.25) is 5.02 Å². The Bertz CT molecular complexity index is 1820. The number of amides is 1. The Labute approximate surface area is 267 Å². The van der Waals surface area contributed by atoms with Gasteiger partial charge in [-0.15, -0.1) is 0 Å². The summed E-state index contributed by atoms with van der Waals surface area (Å²) in [7, 11) is 1.63. The highest BCUT2D eigenvalue weighted by molar-refractivity contribution is 6.31. The van der Waals surface area contributed by atoms with Gasteiger partial charge < -0.3 is 24.2 Å². The summed E-state index contributed by atoms with van der Waals surface area (Å²) in [6.07, 6.45) is 0.622. The number of aromatic hydroxyl groups is 1. The number of H-pyrrole nitrogens is 1. The molecule has 0 bridgehead atoms. The summed E-state index contributed by atoms with van der Waals surface area (Å²) in [5, 5.41) is 18.9. The maximum absolute atomic E-state index is 14.0. The molecule has 1 aliphatic heterocycles. The number of carbonyl (C=O) groups excluding carboxylic acids is 1. The number of hydrogen-bond donors (Lipinski definition) is 2. The van der Waals surface area contributed by atoms with Crippen LogP contribution in [0.3, 0.4) is 0 Å². The number of phenolic OH excluding ortho intramolecular Hbond substituents is 1. The van der Waals surface area contributed by atoms with Gasteiger partial charge in [0.15, 0.2) is 11.5 Å². The van der Waals surface area contributed by atoms with Crippen LogP contribution in [0, 0.1) is 6.92 Å². The fourth-order valence-electron chi connectivity index (χ4n) is 5.69. The van der Waals surface area contributed by atoms with Gasteiger partial charge in [-0.2, -0.15) is 5.10 Å². The number of benzene rings is 4. The highest BCUT2D eigenvalue weighted by Gasteiger charge is 2.42. The molecule has 9 heteroatoms. The second-order valence-corrected chi connectivity index (χ2v) is 11.3. The summed E-state index contributed by atoms with van der Waals surface area (Å²) >= 11 is 6.48. The van der Waals surface area contributed by atoms with Gasteiger partial charge in [0.1, 0.15) is 29.5 Å². The molecule has 1 aromatic heterocycles. The van der Waals surface area contributed by atoms with E-state index in [2.05, 4.69) is 10.2 Å². The molecule has 4 aromatic carbocycles. The molecule has 0 saturated heterocycles. The predicted octanol–water partition coefficient (Wildman–Crippen LogP) is 7.52. The summed E-state index contributed by atoms with van der Waals surface area (Å²) in [5.41, 5.74) is 5.65. The van der Waals surface area contributed by atoms with Crippen LogP contribution < -0.4 is 14.2 Å². The van der Waals surface area contributed by atoms with Crippen molar-refractivity contribution in [3.63, 3.8) is 0 Å². The molecule has 45 heavy (non-hydrogen) atoms. The minimum Gasteiger partial charge on any atom is -0.507 e. The smallest absolute Gasteiger partial charge is 0.273 e. The molecule has 6 rings (SSSR count). The van der Waals surface area contributed by atoms with Gasteiger partial charge in [-0.1, -0.05) is 60.1 Å². The molecule has 0 spiro atoms. The van der Waals surface area contributed by atoms with Gasteiger partial charge in [0.2, 0.25) is 0 Å². The van der Waals surface area contributed by atoms with E-state index in [1.807, 2.05) is 91.5 Å². The molecule has 0 fully saturated rings. The zero-order chi connectivity index (χ0) is 31.5. The van der Waals surface area contributed by atoms with E-state index in [0.29, 0.717) is 65.2 Å². The number of rotatable bonds is 11. The largest absolute Gasteiger partial charge is 0.507 e. The number of ether oxygens (including phenoxy) is 3. The number of methoxy groups -OCH3 is 1. The number of aryl methyl sites for hydroxylation is 1. The third-order valence-electron chi connectivity index (χ3n) is 8.02. The fraction of sp³-hybridized carbons (Fsp3) is 0.222. The van der Waals surface area contributed by atoms with E-state index in [1.165, 1.54) is 0 Å². The summed E-state index contributed by atoms with van der Waals surface area (Å²) < 4.78 is 17.5. The summed E-state index contributed by atoms with van der Waals surface area (Å²) in [5.74, 6) is 1.81. The van der Waals surface area contributed by atoms with Crippen molar-refractivity contribution in [3.8, 4) is 34.3 Å². The van der Waals surface area contributed by atoms with Crippen molar-refractivity contribution in [3.05, 3.63) is 123 Å². The molecular weight excluding hydrogens is 590 g/mol. The van der Waals surface area contributed by atoms with E-state index >= 15 is 0 Å². The maximum atomic E-state index is 14.0. The maximum Gasteiger partial charge on any atom is 0.273 e. The van der Waals surface area contributed by atoms with E-state index in [9.17, 15) is 9.90 Å². The van der Waals surface area contributed by atoms with Gasteiger partial charge in [-0.3, -0.25) is 9.89 Å². The number of halogens is 1. The van der Waals surface area contributed by atoms with Crippen LogP contribution in [0.15, 0.2) is 84.9 Å². The third-order valence-corrected chi connectivity index (χ3v) is 8.42. The number of aromatic nitrogens is 2. The fourth-order valence-corrected chi connectivity index (χ4v) is 5.86. The van der Waals surface area contributed by atoms with Crippen molar-refractivity contribution in [1.82, 2.24) is 15.1 Å². The number of fused-ring (bicyclic) bond motifs is 1. The number of aromatic amines is 1. The molecule has 0 saturated carbocycles. The van der Waals surface area contributed by atoms with Crippen molar-refractivity contribution < 1.29 is 24.1 Å². The van der Waals surface area contributed by atoms with Crippen molar-refractivity contribution in [2.24, 2.45) is 0 Å². The normalized spacial score (nSPS) is 14.0. The lowest BCUT2D eigenvalue weighted by molar-refractivity contribution is 0.0745. The van der Waals surface area contributed by atoms with Gasteiger partial charge in [-0.05, 0) is 78.9 Å². The highest BCUT2D eigenvalue weighted by atomic mass is 35.5. The number of carbonyl (C=O) groups is 1. The minimum absolute atomic E-state index is 0.0359. The van der Waals surface area contributed by atoms with Gasteiger partial charge in [0.25, 0.3) is 5.91 Å². The quantitative estimate of drug-likeness (QED) is 0.158. The van der Waals surface area contributed by atoms with E-state index in [-0.39, 0.29) is 11.7 Å². The lowest BCUT2D eigenvalue weighted by atomic mass is 9.94. The van der Waals surface area contributed by atoms with E-state index < -0.39 is 6.04 Å². The molecule has 1 amide bonds. The molecular formula is C36H34ClN3O5. The summed E-state index contributed by atoms with van der Waals surface area (Å²) in [6.45, 7) is 5.01. The molecule has 230 valence electrons. The van der Waals surface area contributed by atoms with Crippen molar-refractivity contribution in [2.75, 3.05) is 20.3 Å². The first-order valence-electron chi connectivity index (χ1n) is 14.8. The average molecular weight is 624 g/mol. The first-order chi connectivity index (χ1) is 21.9. The van der Waals surface area contributed by atoms with Crippen LogP contribution in [-0.2, 0) is 13.0 Å². The second kappa shape index (κ2) is 13.0. The van der Waals surface area contributed by atoms with Gasteiger partial charge in [-0.25, -0.2) is 0 Å². The number of phenols is 1. The van der Waals surface area contributed by atoms with Crippen LogP contribution in [0.5, 0.6) is 23.0 Å². The van der Waals surface area contributed by atoms with E-state index in [4.69, 9.17) is 25.8 Å². The SMILES string of the molecule is CCOc1cc(C2c3c(-c4cc(Cl)c(C)cc4O)n[nH]c3C(=O)N2CCc2ccc(OC)cc2)ccc1OCc1ccccc1. The van der Waals surface area contributed by atoms with E-state index in [1.54, 1.807) is 19.2 Å². The average Bonchev–Trinajstić information content (AvgIpc) is 3.60. The van der Waals surface area contributed by atoms with Crippen LogP contribution in [0.1, 0.15) is 51.3 Å². The monoisotopic (exact) mass is 623 g/mol. The first-order valence-corrected chi connectivity index (χ1v) is 15.2. The minimum atomic E-state index is -0.513. The molecule has 1 atom stereocenters. The zero-order valence-electron chi connectivity index (χ0n) is 25.3. The molecule has 1 aliphatic rings. The topological polar surface area (TPSA) is 96.9 Å². The van der Waals surface area contributed by atoms with Gasteiger partial charge >= 0.3 is 0 Å². The molecule has 1 unspecified atom stereocenters. The predicted molar refractivity (Wildman–Crippen MR) is 173 cm³/mol. The Morgan fingerprint density at radius 1 is 0.956 bits per heavy atom. The standard InChI is InChI=1S/C36H34ClN3O5/c1-4-44-31-19-25(12-15-30(31)45-21-24-8-6-5-7-9-24)35-32-33(27-20-28(37)22(2)18-29(27)41)38-39-34(32)36(42)40(35)17-16-23-10-13-26(43-3)14-11-23/h5-15,18-20,35,41H,4,16-17,21H2,1-3H3,(H,38,39). The molecule has 0 aliphatic carbocycles. The van der Waals surface area contributed by atoms with Crippen molar-refractivity contribution >= 4 is 17.5 Å². The van der Waals surface area contributed by atoms with Crippen molar-refractivity contribution in [1.29, 1.82) is 0 Å². The third kappa shape index (κ3) is 6.06. The first kappa shape index (κ1) is 30.1. The van der Waals surface area contributed by atoms with Crippen LogP contribution in [0.25, 0.3) is 11.3 Å². The second-order valence-electron chi connectivity index (χ2n) is 10.9. The zero-order valence-corrected chi connectivity index (χ0v) is 26.1. The molecule has 8 nitrogen and oxygen atoms in total. The molecule has 2 heterocycles. The Kier molecular flexibility index (Phi) is 8.67. The summed E-state index contributed by atoms with van der Waals surface area (Å²) in [4.78, 5) is 15.8. The summed E-state index contributed by atoms with van der Waals surface area (Å²) in [6, 6.07) is 26.3. The molecule has 2 N–H and O–H groups in total. The number of hydrogen-bond acceptors (Lipinski definition) is 6. The van der Waals surface area contributed by atoms with Crippen LogP contribution in [-0.4, -0.2) is 46.4 Å². The number of nitrogens with one attached hydrogen (secondary N) is 1. The molecule has 5 aromatic rings. The Hall–Kier alpha value is -4.95. The Balaban J connectivity index is 1.40. The van der Waals surface area contributed by atoms with Crippen LogP contribution in [0.4, 0.5) is 0 Å². The lowest BCUT2D eigenvalue weighted by Gasteiger charge is -2.27. The van der Waals surface area contributed by atoms with Crippen LogP contribution >= 0.6 is 11.6 Å². The number of nitrogens with zero attached hydrogens (tertiary/aromatic N) is 2. The Morgan fingerprint density at radius 2 is 1.73 bits per heavy atom. The van der Waals surface area contributed by atoms with E-state index in [0.717, 1.165) is 28.0 Å². The lowest BCUT2D eigenvalue weighted by Crippen LogP contribution is -2.31. The van der Waals surface area contributed by atoms with Gasteiger partial charge in [0, 0.05) is 22.7 Å². The van der Waals surface area contributed by atoms with Gasteiger partial charge in [0.05, 0.1) is 19.8 Å². The van der Waals surface area contributed by atoms with Crippen molar-refractivity contribution in [2.45, 2.75) is 32.9 Å². The highest BCUT2D eigenvalue weighted by Crippen LogP contribution is 2.46.